The van der Waals surface area contributed by atoms with Crippen LogP contribution in [0.25, 0.3) is 0 Å². The van der Waals surface area contributed by atoms with E-state index in [1.807, 2.05) is 13.8 Å². The fraction of sp³-hybridized carbons (Fsp3) is 0.429. The maximum absolute atomic E-state index is 13.6. The predicted molar refractivity (Wildman–Crippen MR) is 76.8 cm³/mol. The molecule has 5 nitrogen and oxygen atoms in total. The molecule has 0 aromatic heterocycles. The lowest BCUT2D eigenvalue weighted by molar-refractivity contribution is -0.117. The first kappa shape index (κ1) is 16.1. The first-order chi connectivity index (χ1) is 9.29. The Labute approximate surface area is 117 Å². The minimum absolute atomic E-state index is 0.0252. The lowest BCUT2D eigenvalue weighted by atomic mass is 10.0. The zero-order valence-electron chi connectivity index (χ0n) is 11.9. The van der Waals surface area contributed by atoms with Crippen LogP contribution in [0.1, 0.15) is 27.2 Å². The highest BCUT2D eigenvalue weighted by atomic mass is 19.1. The molecule has 1 atom stereocenters. The van der Waals surface area contributed by atoms with Gasteiger partial charge in [-0.25, -0.2) is 4.39 Å². The maximum Gasteiger partial charge on any atom is 0.226 e. The van der Waals surface area contributed by atoms with Crippen molar-refractivity contribution in [3.8, 4) is 0 Å². The van der Waals surface area contributed by atoms with Crippen LogP contribution in [0.5, 0.6) is 0 Å². The Morgan fingerprint density at radius 2 is 1.95 bits per heavy atom. The van der Waals surface area contributed by atoms with Crippen LogP contribution in [-0.2, 0) is 9.59 Å². The summed E-state index contributed by atoms with van der Waals surface area (Å²) < 4.78 is 13.6. The summed E-state index contributed by atoms with van der Waals surface area (Å²) in [5.74, 6) is -1.03. The summed E-state index contributed by atoms with van der Waals surface area (Å²) >= 11 is 0. The molecule has 0 bridgehead atoms. The number of carbonyl (C=O) groups is 2. The van der Waals surface area contributed by atoms with E-state index in [1.54, 1.807) is 0 Å². The predicted octanol–water partition coefficient (Wildman–Crippen LogP) is 2.10. The number of halogens is 1. The van der Waals surface area contributed by atoms with Crippen molar-refractivity contribution in [2.75, 3.05) is 10.6 Å². The van der Waals surface area contributed by atoms with Gasteiger partial charge in [-0.2, -0.15) is 0 Å². The normalized spacial score (nSPS) is 12.1. The number of nitrogens with two attached hydrogens (primary N) is 1. The van der Waals surface area contributed by atoms with Gasteiger partial charge in [0, 0.05) is 25.1 Å². The largest absolute Gasteiger partial charge is 0.327 e. The van der Waals surface area contributed by atoms with Crippen molar-refractivity contribution in [2.24, 2.45) is 11.7 Å². The van der Waals surface area contributed by atoms with E-state index in [0.29, 0.717) is 5.69 Å². The minimum atomic E-state index is -0.564. The summed E-state index contributed by atoms with van der Waals surface area (Å²) in [5, 5.41) is 4.99. The number of carbonyl (C=O) groups excluding carboxylic acids is 2. The molecular formula is C14H20FN3O2. The topological polar surface area (TPSA) is 84.2 Å². The van der Waals surface area contributed by atoms with Crippen LogP contribution in [0.3, 0.4) is 0 Å². The number of hydrogen-bond donors (Lipinski definition) is 3. The molecule has 0 saturated carbocycles. The first-order valence-corrected chi connectivity index (χ1v) is 6.42. The summed E-state index contributed by atoms with van der Waals surface area (Å²) in [5.41, 5.74) is 6.24. The van der Waals surface area contributed by atoms with Crippen LogP contribution in [0.15, 0.2) is 18.2 Å². The van der Waals surface area contributed by atoms with E-state index in [1.165, 1.54) is 25.1 Å². The van der Waals surface area contributed by atoms with Crippen molar-refractivity contribution < 1.29 is 14.0 Å². The summed E-state index contributed by atoms with van der Waals surface area (Å²) in [6.45, 7) is 5.18. The average molecular weight is 281 g/mol. The lowest BCUT2D eigenvalue weighted by Gasteiger charge is -2.15. The van der Waals surface area contributed by atoms with Crippen LogP contribution in [-0.4, -0.2) is 17.9 Å². The number of hydrogen-bond acceptors (Lipinski definition) is 3. The molecular weight excluding hydrogens is 261 g/mol. The molecule has 20 heavy (non-hydrogen) atoms. The Morgan fingerprint density at radius 1 is 1.30 bits per heavy atom. The molecule has 0 aliphatic heterocycles. The van der Waals surface area contributed by atoms with Crippen LogP contribution >= 0.6 is 0 Å². The van der Waals surface area contributed by atoms with E-state index < -0.39 is 5.82 Å². The van der Waals surface area contributed by atoms with E-state index in [9.17, 15) is 14.0 Å². The molecule has 0 aliphatic rings. The Morgan fingerprint density at radius 3 is 2.50 bits per heavy atom. The van der Waals surface area contributed by atoms with Crippen molar-refractivity contribution in [3.05, 3.63) is 24.0 Å². The van der Waals surface area contributed by atoms with Gasteiger partial charge in [-0.1, -0.05) is 13.8 Å². The van der Waals surface area contributed by atoms with E-state index in [2.05, 4.69) is 10.6 Å². The fourth-order valence-electron chi connectivity index (χ4n) is 1.55. The van der Waals surface area contributed by atoms with Crippen LogP contribution < -0.4 is 16.4 Å². The third kappa shape index (κ3) is 4.97. The molecule has 2 amide bonds. The van der Waals surface area contributed by atoms with Crippen LogP contribution in [0.2, 0.25) is 0 Å². The number of nitrogens with one attached hydrogen (secondary N) is 2. The third-order valence-corrected chi connectivity index (χ3v) is 2.84. The van der Waals surface area contributed by atoms with Gasteiger partial charge in [0.25, 0.3) is 0 Å². The van der Waals surface area contributed by atoms with Crippen molar-refractivity contribution in [2.45, 2.75) is 33.2 Å². The standard InChI is InChI=1S/C14H20FN3O2/c1-8(2)12(16)7-14(20)18-13-6-10(17-9(3)19)4-5-11(13)15/h4-6,8,12H,7,16H2,1-3H3,(H,17,19)(H,18,20). The van der Waals surface area contributed by atoms with Crippen molar-refractivity contribution in [1.29, 1.82) is 0 Å². The Bertz CT molecular complexity index is 503. The van der Waals surface area contributed by atoms with Gasteiger partial charge in [0.15, 0.2) is 0 Å². The summed E-state index contributed by atoms with van der Waals surface area (Å²) in [4.78, 5) is 22.7. The monoisotopic (exact) mass is 281 g/mol. The Hall–Kier alpha value is -1.95. The second-order valence-electron chi connectivity index (χ2n) is 5.04. The zero-order chi connectivity index (χ0) is 15.3. The maximum atomic E-state index is 13.6. The van der Waals surface area contributed by atoms with Crippen LogP contribution in [0, 0.1) is 11.7 Å². The highest BCUT2D eigenvalue weighted by molar-refractivity contribution is 5.93. The fourth-order valence-corrected chi connectivity index (χ4v) is 1.55. The molecule has 0 saturated heterocycles. The summed E-state index contributed by atoms with van der Waals surface area (Å²) in [7, 11) is 0. The minimum Gasteiger partial charge on any atom is -0.327 e. The van der Waals surface area contributed by atoms with E-state index >= 15 is 0 Å². The van der Waals surface area contributed by atoms with Crippen molar-refractivity contribution in [3.63, 3.8) is 0 Å². The van der Waals surface area contributed by atoms with Gasteiger partial charge in [-0.15, -0.1) is 0 Å². The van der Waals surface area contributed by atoms with Crippen molar-refractivity contribution >= 4 is 23.2 Å². The molecule has 6 heteroatoms. The first-order valence-electron chi connectivity index (χ1n) is 6.42. The highest BCUT2D eigenvalue weighted by Gasteiger charge is 2.14. The summed E-state index contributed by atoms with van der Waals surface area (Å²) in [6, 6.07) is 3.70. The molecule has 0 radical (unpaired) electrons. The number of anilines is 2. The van der Waals surface area contributed by atoms with E-state index in [4.69, 9.17) is 5.73 Å². The SMILES string of the molecule is CC(=O)Nc1ccc(F)c(NC(=O)CC(N)C(C)C)c1. The van der Waals surface area contributed by atoms with Gasteiger partial charge in [-0.05, 0) is 24.1 Å². The van der Waals surface area contributed by atoms with Gasteiger partial charge < -0.3 is 16.4 Å². The van der Waals surface area contributed by atoms with Crippen molar-refractivity contribution in [1.82, 2.24) is 0 Å². The highest BCUT2D eigenvalue weighted by Crippen LogP contribution is 2.20. The average Bonchev–Trinajstić information content (AvgIpc) is 2.32. The van der Waals surface area contributed by atoms with Gasteiger partial charge in [0.1, 0.15) is 5.82 Å². The number of rotatable bonds is 5. The molecule has 1 rings (SSSR count). The lowest BCUT2D eigenvalue weighted by Crippen LogP contribution is -2.31. The van der Waals surface area contributed by atoms with E-state index in [-0.39, 0.29) is 35.9 Å². The molecule has 0 heterocycles. The third-order valence-electron chi connectivity index (χ3n) is 2.84. The molecule has 4 N–H and O–H groups in total. The Kier molecular flexibility index (Phi) is 5.64. The summed E-state index contributed by atoms with van der Waals surface area (Å²) in [6.07, 6.45) is 0.113. The van der Waals surface area contributed by atoms with Gasteiger partial charge >= 0.3 is 0 Å². The molecule has 0 spiro atoms. The second kappa shape index (κ2) is 7.00. The quantitative estimate of drug-likeness (QED) is 0.772. The molecule has 1 unspecified atom stereocenters. The second-order valence-corrected chi connectivity index (χ2v) is 5.04. The Balaban J connectivity index is 2.75. The van der Waals surface area contributed by atoms with Crippen LogP contribution in [0.4, 0.5) is 15.8 Å². The van der Waals surface area contributed by atoms with Gasteiger partial charge in [-0.3, -0.25) is 9.59 Å². The zero-order valence-corrected chi connectivity index (χ0v) is 11.9. The molecule has 0 fully saturated rings. The van der Waals surface area contributed by atoms with Gasteiger partial charge in [0.05, 0.1) is 5.69 Å². The molecule has 0 aliphatic carbocycles. The number of amides is 2. The van der Waals surface area contributed by atoms with Gasteiger partial charge in [0.2, 0.25) is 11.8 Å². The molecule has 110 valence electrons. The molecule has 1 aromatic rings. The molecule has 1 aromatic carbocycles. The number of benzene rings is 1. The smallest absolute Gasteiger partial charge is 0.226 e. The van der Waals surface area contributed by atoms with E-state index in [0.717, 1.165) is 0 Å².